The van der Waals surface area contributed by atoms with E-state index in [4.69, 9.17) is 10.5 Å². The number of amides is 6. The Kier molecular flexibility index (Phi) is 5.92. The number of ether oxygens (including phenoxy) is 1. The Morgan fingerprint density at radius 2 is 1.77 bits per heavy atom. The van der Waals surface area contributed by atoms with Gasteiger partial charge in [0.15, 0.2) is 11.5 Å². The van der Waals surface area contributed by atoms with Crippen LogP contribution in [0, 0.1) is 29.1 Å². The van der Waals surface area contributed by atoms with Gasteiger partial charge in [-0.3, -0.25) is 19.2 Å². The third kappa shape index (κ3) is 3.36. The summed E-state index contributed by atoms with van der Waals surface area (Å²) in [5.41, 5.74) is 5.92. The lowest BCUT2D eigenvalue weighted by molar-refractivity contribution is -0.136. The average Bonchev–Trinajstić information content (AvgIpc) is 3.30. The van der Waals surface area contributed by atoms with Gasteiger partial charge in [0.1, 0.15) is 0 Å². The van der Waals surface area contributed by atoms with E-state index < -0.39 is 58.8 Å². The first kappa shape index (κ1) is 26.2. The maximum Gasteiger partial charge on any atom is 0.328 e. The number of allylic oxidation sites excluding steroid dienone is 2. The van der Waals surface area contributed by atoms with Crippen LogP contribution in [0.1, 0.15) is 31.2 Å². The number of benzene rings is 2. The molecule has 3 fully saturated rings. The summed E-state index contributed by atoms with van der Waals surface area (Å²) in [6.07, 6.45) is 2.20. The van der Waals surface area contributed by atoms with Crippen molar-refractivity contribution in [3.63, 3.8) is 0 Å². The number of aromatic hydroxyl groups is 1. The summed E-state index contributed by atoms with van der Waals surface area (Å²) in [5.74, 6) is -5.81. The van der Waals surface area contributed by atoms with Crippen molar-refractivity contribution < 1.29 is 33.8 Å². The van der Waals surface area contributed by atoms with E-state index in [0.717, 1.165) is 5.57 Å². The molecule has 6 amide bonds. The number of carbonyl (C=O) groups is 5. The van der Waals surface area contributed by atoms with E-state index in [1.165, 1.54) is 12.0 Å². The number of nitrogens with zero attached hydrogens (tertiary/aromatic N) is 2. The Morgan fingerprint density at radius 3 is 2.42 bits per heavy atom. The second-order valence-electron chi connectivity index (χ2n) is 10.9. The molecule has 6 unspecified atom stereocenters. The zero-order valence-corrected chi connectivity index (χ0v) is 23.3. The van der Waals surface area contributed by atoms with Crippen LogP contribution in [0.4, 0.5) is 10.5 Å². The van der Waals surface area contributed by atoms with E-state index in [-0.39, 0.29) is 30.2 Å². The topological polar surface area (TPSA) is 147 Å². The summed E-state index contributed by atoms with van der Waals surface area (Å²) in [5, 5.41) is 10.5. The van der Waals surface area contributed by atoms with Crippen LogP contribution in [-0.4, -0.2) is 46.8 Å². The van der Waals surface area contributed by atoms with Gasteiger partial charge in [0.2, 0.25) is 23.6 Å². The highest BCUT2D eigenvalue weighted by Gasteiger charge is 2.68. The number of hydrogen-bond acceptors (Lipinski definition) is 7. The Labute approximate surface area is 237 Å². The van der Waals surface area contributed by atoms with E-state index in [1.54, 1.807) is 49.4 Å². The van der Waals surface area contributed by atoms with Crippen LogP contribution in [-0.2, 0) is 19.2 Å². The number of rotatable bonds is 3. The van der Waals surface area contributed by atoms with Crippen molar-refractivity contribution in [3.8, 4) is 11.5 Å². The van der Waals surface area contributed by atoms with Gasteiger partial charge in [0.05, 0.1) is 40.4 Å². The normalized spacial score (nSPS) is 31.1. The van der Waals surface area contributed by atoms with Crippen molar-refractivity contribution >= 4 is 51.3 Å². The van der Waals surface area contributed by atoms with Gasteiger partial charge in [0.25, 0.3) is 0 Å². The molecule has 2 saturated heterocycles. The minimum absolute atomic E-state index is 0.119. The number of likely N-dealkylation sites (tertiary alicyclic amines) is 1. The Morgan fingerprint density at radius 1 is 1.07 bits per heavy atom. The number of para-hydroxylation sites is 1. The van der Waals surface area contributed by atoms with E-state index in [2.05, 4.69) is 15.9 Å². The Hall–Kier alpha value is -3.99. The molecule has 0 radical (unpaired) electrons. The number of phenolic OH excluding ortho intramolecular Hbond substituents is 1. The number of fused-ring (bicyclic) bond motifs is 4. The monoisotopic (exact) mass is 607 g/mol. The lowest BCUT2D eigenvalue weighted by Crippen LogP contribution is -2.49. The molecule has 6 atom stereocenters. The maximum atomic E-state index is 14.3. The number of primary amides is 1. The fourth-order valence-corrected chi connectivity index (χ4v) is 7.81. The molecular formula is C29H26BrN3O7. The van der Waals surface area contributed by atoms with Crippen LogP contribution in [0.25, 0.3) is 0 Å². The van der Waals surface area contributed by atoms with Crippen LogP contribution >= 0.6 is 15.9 Å². The van der Waals surface area contributed by atoms with Crippen molar-refractivity contribution in [1.29, 1.82) is 0 Å². The predicted octanol–water partition coefficient (Wildman–Crippen LogP) is 3.47. The van der Waals surface area contributed by atoms with Gasteiger partial charge in [-0.25, -0.2) is 9.69 Å². The van der Waals surface area contributed by atoms with Crippen molar-refractivity contribution in [2.45, 2.75) is 25.7 Å². The number of imide groups is 4. The van der Waals surface area contributed by atoms with Gasteiger partial charge < -0.3 is 15.6 Å². The summed E-state index contributed by atoms with van der Waals surface area (Å²) in [6.45, 7) is 1.76. The molecule has 10 nitrogen and oxygen atoms in total. The molecule has 0 spiro atoms. The minimum atomic E-state index is -1.25. The van der Waals surface area contributed by atoms with Crippen LogP contribution in [0.3, 0.4) is 0 Å². The number of carbonyl (C=O) groups excluding carboxylic acids is 5. The lowest BCUT2D eigenvalue weighted by Gasteiger charge is -2.49. The van der Waals surface area contributed by atoms with E-state index in [9.17, 15) is 29.1 Å². The van der Waals surface area contributed by atoms with Gasteiger partial charge in [0, 0.05) is 5.92 Å². The number of anilines is 1. The fourth-order valence-electron chi connectivity index (χ4n) is 7.35. The quantitative estimate of drug-likeness (QED) is 0.401. The summed E-state index contributed by atoms with van der Waals surface area (Å²) in [7, 11) is 1.41. The van der Waals surface area contributed by atoms with E-state index in [0.29, 0.717) is 20.6 Å². The van der Waals surface area contributed by atoms with E-state index in [1.807, 2.05) is 6.08 Å². The van der Waals surface area contributed by atoms with Gasteiger partial charge >= 0.3 is 6.03 Å². The first-order valence-corrected chi connectivity index (χ1v) is 13.7. The number of nitrogens with two attached hydrogens (primary N) is 1. The molecule has 2 aromatic carbocycles. The number of phenols is 1. The number of urea groups is 1. The second-order valence-corrected chi connectivity index (χ2v) is 11.8. The van der Waals surface area contributed by atoms with Crippen LogP contribution in [0.2, 0.25) is 0 Å². The van der Waals surface area contributed by atoms with Gasteiger partial charge in [-0.1, -0.05) is 29.8 Å². The predicted molar refractivity (Wildman–Crippen MR) is 145 cm³/mol. The molecule has 40 heavy (non-hydrogen) atoms. The smallest absolute Gasteiger partial charge is 0.328 e. The number of halogens is 1. The maximum absolute atomic E-state index is 14.3. The summed E-state index contributed by atoms with van der Waals surface area (Å²) in [6, 6.07) is 10.8. The van der Waals surface area contributed by atoms with Gasteiger partial charge in [-0.15, -0.1) is 0 Å². The summed E-state index contributed by atoms with van der Waals surface area (Å²) >= 11 is 3.38. The number of hydrogen-bond donors (Lipinski definition) is 2. The molecule has 4 aliphatic rings. The second kappa shape index (κ2) is 9.02. The molecule has 1 saturated carbocycles. The standard InChI is InChI=1S/C29H26BrN3O7/c1-29-18(25(36)32(27(29)38)14-6-4-3-5-7-14)12-17-15(22(29)13-10-19(30)23(34)20(11-13)40-2)8-9-16-21(17)26(37)33(24(16)35)28(31)39/h3-8,10-11,16-18,21-22,34H,9,12H2,1-2H3,(H2,31,39). The lowest BCUT2D eigenvalue weighted by atomic mass is 9.51. The number of methoxy groups -OCH3 is 1. The minimum Gasteiger partial charge on any atom is -0.503 e. The molecule has 3 N–H and O–H groups in total. The third-order valence-electron chi connectivity index (χ3n) is 9.11. The van der Waals surface area contributed by atoms with Gasteiger partial charge in [-0.05, 0) is 71.4 Å². The van der Waals surface area contributed by atoms with Crippen LogP contribution in [0.15, 0.2) is 58.6 Å². The van der Waals surface area contributed by atoms with Crippen molar-refractivity contribution in [3.05, 3.63) is 64.1 Å². The van der Waals surface area contributed by atoms with Crippen LogP contribution < -0.4 is 15.4 Å². The molecule has 2 heterocycles. The molecular weight excluding hydrogens is 582 g/mol. The summed E-state index contributed by atoms with van der Waals surface area (Å²) in [4.78, 5) is 68.6. The zero-order valence-electron chi connectivity index (χ0n) is 21.7. The highest BCUT2D eigenvalue weighted by atomic mass is 79.9. The summed E-state index contributed by atoms with van der Waals surface area (Å²) < 4.78 is 5.73. The fraction of sp³-hybridized carbons (Fsp3) is 0.345. The first-order chi connectivity index (χ1) is 19.0. The van der Waals surface area contributed by atoms with E-state index >= 15 is 0 Å². The molecule has 2 aliphatic carbocycles. The highest BCUT2D eigenvalue weighted by molar-refractivity contribution is 9.10. The molecule has 2 aromatic rings. The van der Waals surface area contributed by atoms with Crippen molar-refractivity contribution in [1.82, 2.24) is 4.90 Å². The largest absolute Gasteiger partial charge is 0.503 e. The molecule has 2 aliphatic heterocycles. The molecule has 0 aromatic heterocycles. The average molecular weight is 608 g/mol. The first-order valence-electron chi connectivity index (χ1n) is 12.9. The molecule has 206 valence electrons. The Balaban J connectivity index is 1.56. The van der Waals surface area contributed by atoms with Crippen LogP contribution in [0.5, 0.6) is 11.5 Å². The Bertz CT molecular complexity index is 1540. The highest BCUT2D eigenvalue weighted by Crippen LogP contribution is 2.64. The van der Waals surface area contributed by atoms with Crippen molar-refractivity contribution in [2.75, 3.05) is 12.0 Å². The molecule has 0 bridgehead atoms. The molecule has 6 rings (SSSR count). The third-order valence-corrected chi connectivity index (χ3v) is 9.72. The van der Waals surface area contributed by atoms with Crippen molar-refractivity contribution in [2.24, 2.45) is 34.8 Å². The zero-order chi connectivity index (χ0) is 28.7. The SMILES string of the molecule is COc1cc(C2C3=CCC4C(=O)N(C(N)=O)C(=O)C4C3CC3C(=O)N(c4ccccc4)C(=O)C32C)cc(Br)c1O. The molecule has 11 heteroatoms. The van der Waals surface area contributed by atoms with Gasteiger partial charge in [-0.2, -0.15) is 4.90 Å².